The van der Waals surface area contributed by atoms with E-state index in [2.05, 4.69) is 4.72 Å². The molecule has 0 saturated carbocycles. The zero-order valence-electron chi connectivity index (χ0n) is 11.8. The minimum atomic E-state index is -4.01. The van der Waals surface area contributed by atoms with E-state index in [1.54, 1.807) is 0 Å². The lowest BCUT2D eigenvalue weighted by molar-refractivity contribution is 0.522. The summed E-state index contributed by atoms with van der Waals surface area (Å²) >= 11 is 0. The number of hydrogen-bond acceptors (Lipinski definition) is 5. The Morgan fingerprint density at radius 3 is 2.45 bits per heavy atom. The predicted octanol–water partition coefficient (Wildman–Crippen LogP) is -1.51. The number of aryl methyl sites for hydroxylation is 1. The Bertz CT molecular complexity index is 689. The Hall–Kier alpha value is -1.45. The van der Waals surface area contributed by atoms with Gasteiger partial charge in [-0.3, -0.25) is 9.36 Å². The van der Waals surface area contributed by atoms with E-state index in [1.807, 2.05) is 6.92 Å². The van der Waals surface area contributed by atoms with Crippen LogP contribution in [0.15, 0.2) is 20.7 Å². The summed E-state index contributed by atoms with van der Waals surface area (Å²) in [6, 6.07) is -0.438. The highest BCUT2D eigenvalue weighted by atomic mass is 32.2. The summed E-state index contributed by atoms with van der Waals surface area (Å²) in [5.41, 5.74) is 4.06. The Morgan fingerprint density at radius 2 is 1.95 bits per heavy atom. The van der Waals surface area contributed by atoms with Crippen molar-refractivity contribution in [3.05, 3.63) is 27.0 Å². The van der Waals surface area contributed by atoms with Crippen LogP contribution in [-0.2, 0) is 24.1 Å². The van der Waals surface area contributed by atoms with E-state index in [-0.39, 0.29) is 6.54 Å². The molecule has 0 saturated heterocycles. The molecule has 1 atom stereocenters. The third-order valence-electron chi connectivity index (χ3n) is 2.95. The standard InChI is InChI=1S/C11H20N4O4S/c1-4-5-8(6-12)13-20(18,19)9-7-14(2)11(17)15(3)10(9)16/h7-8,13H,4-6,12H2,1-3H3. The highest BCUT2D eigenvalue weighted by Crippen LogP contribution is 2.04. The van der Waals surface area contributed by atoms with Gasteiger partial charge in [0.15, 0.2) is 4.90 Å². The third-order valence-corrected chi connectivity index (χ3v) is 4.45. The largest absolute Gasteiger partial charge is 0.330 e. The van der Waals surface area contributed by atoms with E-state index < -0.39 is 32.2 Å². The van der Waals surface area contributed by atoms with Crippen LogP contribution >= 0.6 is 0 Å². The second kappa shape index (κ2) is 6.33. The lowest BCUT2D eigenvalue weighted by Crippen LogP contribution is -2.45. The van der Waals surface area contributed by atoms with Crippen LogP contribution in [0.4, 0.5) is 0 Å². The zero-order valence-corrected chi connectivity index (χ0v) is 12.6. The molecule has 1 aromatic rings. The summed E-state index contributed by atoms with van der Waals surface area (Å²) in [7, 11) is -1.39. The molecule has 1 aromatic heterocycles. The molecular formula is C11H20N4O4S. The first-order valence-corrected chi connectivity index (χ1v) is 7.72. The van der Waals surface area contributed by atoms with Crippen LogP contribution in [-0.4, -0.2) is 30.1 Å². The van der Waals surface area contributed by atoms with Gasteiger partial charge in [0, 0.05) is 32.9 Å². The molecule has 0 aliphatic rings. The highest BCUT2D eigenvalue weighted by molar-refractivity contribution is 7.89. The minimum absolute atomic E-state index is 0.138. The van der Waals surface area contributed by atoms with Crippen LogP contribution in [0.25, 0.3) is 0 Å². The summed E-state index contributed by atoms with van der Waals surface area (Å²) in [4.78, 5) is 23.0. The van der Waals surface area contributed by atoms with E-state index in [0.717, 1.165) is 21.8 Å². The molecule has 0 radical (unpaired) electrons. The van der Waals surface area contributed by atoms with Crippen LogP contribution < -0.4 is 21.7 Å². The molecule has 0 aliphatic heterocycles. The summed E-state index contributed by atoms with van der Waals surface area (Å²) in [5, 5.41) is 0. The van der Waals surface area contributed by atoms with E-state index in [0.29, 0.717) is 6.42 Å². The van der Waals surface area contributed by atoms with Gasteiger partial charge in [-0.25, -0.2) is 17.9 Å². The molecule has 8 nitrogen and oxygen atoms in total. The number of sulfonamides is 1. The first-order valence-electron chi connectivity index (χ1n) is 6.23. The second-order valence-corrected chi connectivity index (χ2v) is 6.28. The van der Waals surface area contributed by atoms with Gasteiger partial charge in [-0.1, -0.05) is 13.3 Å². The minimum Gasteiger partial charge on any atom is -0.329 e. The van der Waals surface area contributed by atoms with Gasteiger partial charge in [0.05, 0.1) is 0 Å². The van der Waals surface area contributed by atoms with Gasteiger partial charge >= 0.3 is 5.69 Å². The monoisotopic (exact) mass is 304 g/mol. The average Bonchev–Trinajstić information content (AvgIpc) is 2.39. The topological polar surface area (TPSA) is 116 Å². The van der Waals surface area contributed by atoms with Crippen molar-refractivity contribution < 1.29 is 8.42 Å². The van der Waals surface area contributed by atoms with Gasteiger partial charge in [0.1, 0.15) is 0 Å². The molecule has 3 N–H and O–H groups in total. The molecule has 114 valence electrons. The average molecular weight is 304 g/mol. The van der Waals surface area contributed by atoms with Crippen LogP contribution in [0, 0.1) is 0 Å². The Balaban J connectivity index is 3.30. The Kier molecular flexibility index (Phi) is 5.26. The lowest BCUT2D eigenvalue weighted by Gasteiger charge is -2.16. The maximum absolute atomic E-state index is 12.2. The molecule has 1 rings (SSSR count). The van der Waals surface area contributed by atoms with E-state index >= 15 is 0 Å². The van der Waals surface area contributed by atoms with Gasteiger partial charge in [-0.2, -0.15) is 0 Å². The fourth-order valence-corrected chi connectivity index (χ4v) is 3.26. The quantitative estimate of drug-likeness (QED) is 0.663. The number of nitrogens with one attached hydrogen (secondary N) is 1. The van der Waals surface area contributed by atoms with Crippen molar-refractivity contribution in [1.82, 2.24) is 13.9 Å². The van der Waals surface area contributed by atoms with E-state index in [1.165, 1.54) is 14.1 Å². The van der Waals surface area contributed by atoms with Gasteiger partial charge in [-0.05, 0) is 6.42 Å². The van der Waals surface area contributed by atoms with Crippen molar-refractivity contribution in [1.29, 1.82) is 0 Å². The van der Waals surface area contributed by atoms with Crippen molar-refractivity contribution in [3.63, 3.8) is 0 Å². The number of hydrogen-bond donors (Lipinski definition) is 2. The smallest absolute Gasteiger partial charge is 0.329 e. The van der Waals surface area contributed by atoms with Gasteiger partial charge < -0.3 is 10.3 Å². The molecule has 20 heavy (non-hydrogen) atoms. The molecule has 9 heteroatoms. The molecule has 0 amide bonds. The van der Waals surface area contributed by atoms with Gasteiger partial charge in [0.25, 0.3) is 5.56 Å². The second-order valence-electron chi connectivity index (χ2n) is 4.59. The number of rotatable bonds is 6. The van der Waals surface area contributed by atoms with Crippen LogP contribution in [0.3, 0.4) is 0 Å². The molecule has 0 bridgehead atoms. The summed E-state index contributed by atoms with van der Waals surface area (Å²) < 4.78 is 28.6. The first-order chi connectivity index (χ1) is 9.24. The molecule has 0 spiro atoms. The number of nitrogens with two attached hydrogens (primary N) is 1. The molecule has 0 fully saturated rings. The van der Waals surface area contributed by atoms with Crippen LogP contribution in [0.5, 0.6) is 0 Å². The van der Waals surface area contributed by atoms with Crippen LogP contribution in [0.2, 0.25) is 0 Å². The summed E-state index contributed by atoms with van der Waals surface area (Å²) in [5.74, 6) is 0. The molecule has 1 heterocycles. The first kappa shape index (κ1) is 16.6. The maximum Gasteiger partial charge on any atom is 0.330 e. The maximum atomic E-state index is 12.2. The molecule has 1 unspecified atom stereocenters. The highest BCUT2D eigenvalue weighted by Gasteiger charge is 2.24. The van der Waals surface area contributed by atoms with Crippen molar-refractivity contribution in [2.45, 2.75) is 30.7 Å². The van der Waals surface area contributed by atoms with Crippen molar-refractivity contribution in [2.75, 3.05) is 6.54 Å². The van der Waals surface area contributed by atoms with Crippen molar-refractivity contribution in [2.24, 2.45) is 19.8 Å². The third kappa shape index (κ3) is 3.35. The van der Waals surface area contributed by atoms with Gasteiger partial charge in [0.2, 0.25) is 10.0 Å². The molecular weight excluding hydrogens is 284 g/mol. The number of aromatic nitrogens is 2. The lowest BCUT2D eigenvalue weighted by atomic mass is 10.2. The zero-order chi connectivity index (χ0) is 15.5. The van der Waals surface area contributed by atoms with E-state index in [4.69, 9.17) is 5.73 Å². The van der Waals surface area contributed by atoms with E-state index in [9.17, 15) is 18.0 Å². The SMILES string of the molecule is CCCC(CN)NS(=O)(=O)c1cn(C)c(=O)n(C)c1=O. The van der Waals surface area contributed by atoms with Crippen molar-refractivity contribution in [3.8, 4) is 0 Å². The number of nitrogens with zero attached hydrogens (tertiary/aromatic N) is 2. The van der Waals surface area contributed by atoms with Crippen molar-refractivity contribution >= 4 is 10.0 Å². The fourth-order valence-electron chi connectivity index (χ4n) is 1.82. The van der Waals surface area contributed by atoms with Crippen LogP contribution in [0.1, 0.15) is 19.8 Å². The molecule has 0 aliphatic carbocycles. The fraction of sp³-hybridized carbons (Fsp3) is 0.636. The summed E-state index contributed by atoms with van der Waals surface area (Å²) in [6.07, 6.45) is 2.35. The molecule has 0 aromatic carbocycles. The summed E-state index contributed by atoms with van der Waals surface area (Å²) in [6.45, 7) is 2.04. The Morgan fingerprint density at radius 1 is 1.35 bits per heavy atom. The normalized spacial score (nSPS) is 13.4. The Labute approximate surface area is 117 Å². The predicted molar refractivity (Wildman–Crippen MR) is 75.0 cm³/mol. The van der Waals surface area contributed by atoms with Gasteiger partial charge in [-0.15, -0.1) is 0 Å².